The van der Waals surface area contributed by atoms with Gasteiger partial charge in [0.25, 0.3) is 0 Å². The largest absolute Gasteiger partial charge is 0.420 e. The van der Waals surface area contributed by atoms with Crippen molar-refractivity contribution in [2.45, 2.75) is 70.4 Å². The minimum Gasteiger partial charge on any atom is -0.399 e. The summed E-state index contributed by atoms with van der Waals surface area (Å²) in [5.74, 6) is 0. The Morgan fingerprint density at radius 2 is 1.28 bits per heavy atom. The van der Waals surface area contributed by atoms with Crippen LogP contribution >= 0.6 is 0 Å². The summed E-state index contributed by atoms with van der Waals surface area (Å²) in [5, 5.41) is 0. The molecule has 0 aromatic heterocycles. The molecule has 6 heteroatoms. The molecule has 1 unspecified atom stereocenters. The molecule has 0 spiro atoms. The third-order valence-corrected chi connectivity index (χ3v) is 9.56. The van der Waals surface area contributed by atoms with Crippen LogP contribution < -0.4 is 0 Å². The Balaban J connectivity index is 5.41. The van der Waals surface area contributed by atoms with Crippen molar-refractivity contribution in [3.8, 4) is 0 Å². The molecule has 0 N–H and O–H groups in total. The van der Waals surface area contributed by atoms with Crippen molar-refractivity contribution in [2.75, 3.05) is 0 Å². The van der Waals surface area contributed by atoms with Crippen molar-refractivity contribution in [3.05, 3.63) is 0 Å². The summed E-state index contributed by atoms with van der Waals surface area (Å²) >= 11 is 0. The summed E-state index contributed by atoms with van der Waals surface area (Å²) in [4.78, 5) is 10.7. The smallest absolute Gasteiger partial charge is 0.399 e. The second-order valence-electron chi connectivity index (χ2n) is 5.53. The fraction of sp³-hybridized carbons (Fsp3) is 0.917. The second-order valence-corrected chi connectivity index (χ2v) is 10.9. The van der Waals surface area contributed by atoms with Crippen LogP contribution in [0.3, 0.4) is 0 Å². The molecule has 2 nitrogen and oxygen atoms in total. The number of carbonyl (C=O) groups is 1. The Bertz CT molecular complexity index is 253. The van der Waals surface area contributed by atoms with Gasteiger partial charge in [-0.1, -0.05) is 41.5 Å². The monoisotopic (exact) mass is 284 g/mol. The van der Waals surface area contributed by atoms with Gasteiger partial charge in [-0.2, -0.15) is 13.2 Å². The Morgan fingerprint density at radius 1 is 0.944 bits per heavy atom. The molecule has 0 saturated carbocycles. The van der Waals surface area contributed by atoms with Gasteiger partial charge in [-0.05, 0) is 16.6 Å². The normalized spacial score (nSPS) is 15.6. The number of hydrogen-bond acceptors (Lipinski definition) is 2. The molecule has 0 amide bonds. The van der Waals surface area contributed by atoms with Gasteiger partial charge in [0.15, 0.2) is 12.4 Å². The van der Waals surface area contributed by atoms with E-state index in [0.717, 1.165) is 0 Å². The Morgan fingerprint density at radius 3 is 1.44 bits per heavy atom. The number of rotatable bonds is 6. The molecule has 0 aliphatic heterocycles. The number of carbonyl (C=O) groups excluding carboxylic acids is 1. The Hall–Kier alpha value is -0.363. The first-order valence-electron chi connectivity index (χ1n) is 6.19. The van der Waals surface area contributed by atoms with Crippen molar-refractivity contribution in [1.82, 2.24) is 0 Å². The van der Waals surface area contributed by atoms with Gasteiger partial charge in [0.2, 0.25) is 8.32 Å². The molecule has 18 heavy (non-hydrogen) atoms. The molecule has 0 fully saturated rings. The van der Waals surface area contributed by atoms with E-state index in [-0.39, 0.29) is 22.9 Å². The summed E-state index contributed by atoms with van der Waals surface area (Å²) in [6.07, 6.45) is -7.05. The summed E-state index contributed by atoms with van der Waals surface area (Å²) < 4.78 is 43.5. The van der Waals surface area contributed by atoms with E-state index < -0.39 is 20.6 Å². The van der Waals surface area contributed by atoms with Gasteiger partial charge >= 0.3 is 6.18 Å². The van der Waals surface area contributed by atoms with E-state index in [2.05, 4.69) is 0 Å². The highest BCUT2D eigenvalue weighted by atomic mass is 28.4. The van der Waals surface area contributed by atoms with Crippen molar-refractivity contribution in [3.63, 3.8) is 0 Å². The molecule has 0 heterocycles. The lowest BCUT2D eigenvalue weighted by Gasteiger charge is -2.43. The van der Waals surface area contributed by atoms with Crippen LogP contribution in [-0.4, -0.2) is 26.9 Å². The van der Waals surface area contributed by atoms with E-state index in [9.17, 15) is 18.0 Å². The quantitative estimate of drug-likeness (QED) is 0.536. The molecule has 0 bridgehead atoms. The number of alkyl halides is 3. The first-order valence-corrected chi connectivity index (χ1v) is 8.33. The van der Waals surface area contributed by atoms with Crippen LogP contribution in [-0.2, 0) is 9.22 Å². The van der Waals surface area contributed by atoms with Gasteiger partial charge in [0.1, 0.15) is 0 Å². The van der Waals surface area contributed by atoms with E-state index in [0.29, 0.717) is 0 Å². The summed E-state index contributed by atoms with van der Waals surface area (Å²) in [7, 11) is -2.67. The molecule has 0 aliphatic carbocycles. The van der Waals surface area contributed by atoms with E-state index in [1.54, 1.807) is 0 Å². The highest BCUT2D eigenvalue weighted by Gasteiger charge is 2.52. The second kappa shape index (κ2) is 6.19. The van der Waals surface area contributed by atoms with Crippen LogP contribution in [0.25, 0.3) is 0 Å². The Kier molecular flexibility index (Phi) is 6.06. The zero-order valence-electron chi connectivity index (χ0n) is 11.8. The van der Waals surface area contributed by atoms with E-state index in [1.807, 2.05) is 41.5 Å². The van der Waals surface area contributed by atoms with Crippen molar-refractivity contribution in [1.29, 1.82) is 0 Å². The standard InChI is InChI=1S/C12H23F3O2Si/c1-8(2)18(9(3)4,10(5)6)17-11(7-16)12(13,14)15/h7-11H,1-6H3. The van der Waals surface area contributed by atoms with Gasteiger partial charge in [-0.25, -0.2) is 0 Å². The lowest BCUT2D eigenvalue weighted by atomic mass is 10.4. The third-order valence-electron chi connectivity index (χ3n) is 3.48. The maximum Gasteiger partial charge on any atom is 0.420 e. The van der Waals surface area contributed by atoms with Crippen LogP contribution in [0, 0.1) is 0 Å². The molecule has 0 saturated heterocycles. The molecule has 108 valence electrons. The Labute approximate surface area is 108 Å². The zero-order valence-corrected chi connectivity index (χ0v) is 12.8. The number of aldehydes is 1. The van der Waals surface area contributed by atoms with Crippen LogP contribution in [0.2, 0.25) is 16.6 Å². The van der Waals surface area contributed by atoms with E-state index >= 15 is 0 Å². The average molecular weight is 284 g/mol. The molecule has 0 radical (unpaired) electrons. The zero-order chi connectivity index (χ0) is 14.7. The van der Waals surface area contributed by atoms with Gasteiger partial charge in [-0.15, -0.1) is 0 Å². The number of hydrogen-bond donors (Lipinski definition) is 0. The minimum atomic E-state index is -4.63. The predicted molar refractivity (Wildman–Crippen MR) is 68.0 cm³/mol. The van der Waals surface area contributed by atoms with Gasteiger partial charge in [-0.3, -0.25) is 0 Å². The summed E-state index contributed by atoms with van der Waals surface area (Å²) in [5.41, 5.74) is 0.0481. The highest BCUT2D eigenvalue weighted by molar-refractivity contribution is 6.77. The fourth-order valence-corrected chi connectivity index (χ4v) is 8.25. The van der Waals surface area contributed by atoms with Crippen LogP contribution in [0.1, 0.15) is 41.5 Å². The SMILES string of the molecule is CC(C)[Si](OC(C=O)C(F)(F)F)(C(C)C)C(C)C. The van der Waals surface area contributed by atoms with Crippen molar-refractivity contribution >= 4 is 14.6 Å². The maximum atomic E-state index is 12.7. The average Bonchev–Trinajstić information content (AvgIpc) is 2.15. The van der Waals surface area contributed by atoms with Gasteiger partial charge in [0.05, 0.1) is 0 Å². The highest BCUT2D eigenvalue weighted by Crippen LogP contribution is 2.44. The molecular formula is C12H23F3O2Si. The van der Waals surface area contributed by atoms with Gasteiger partial charge < -0.3 is 9.22 Å². The lowest BCUT2D eigenvalue weighted by Crippen LogP contribution is -2.53. The summed E-state index contributed by atoms with van der Waals surface area (Å²) in [6.45, 7) is 11.3. The molecular weight excluding hydrogens is 261 g/mol. The molecule has 0 aliphatic rings. The maximum absolute atomic E-state index is 12.7. The van der Waals surface area contributed by atoms with Gasteiger partial charge in [0, 0.05) is 0 Å². The van der Waals surface area contributed by atoms with Crippen LogP contribution in [0.15, 0.2) is 0 Å². The number of halogens is 3. The van der Waals surface area contributed by atoms with E-state index in [1.165, 1.54) is 0 Å². The molecule has 0 aromatic carbocycles. The third kappa shape index (κ3) is 3.57. The minimum absolute atomic E-state index is 0.0160. The van der Waals surface area contributed by atoms with Crippen LogP contribution in [0.5, 0.6) is 0 Å². The predicted octanol–water partition coefficient (Wildman–Crippen LogP) is 4.31. The van der Waals surface area contributed by atoms with Crippen molar-refractivity contribution < 1.29 is 22.4 Å². The molecule has 1 atom stereocenters. The molecule has 0 aromatic rings. The molecule has 0 rings (SSSR count). The van der Waals surface area contributed by atoms with Crippen LogP contribution in [0.4, 0.5) is 13.2 Å². The first-order chi connectivity index (χ1) is 8.00. The van der Waals surface area contributed by atoms with Crippen molar-refractivity contribution in [2.24, 2.45) is 0 Å². The lowest BCUT2D eigenvalue weighted by molar-refractivity contribution is -0.193. The summed E-state index contributed by atoms with van der Waals surface area (Å²) in [6, 6.07) is 0. The van der Waals surface area contributed by atoms with E-state index in [4.69, 9.17) is 4.43 Å². The topological polar surface area (TPSA) is 26.3 Å². The first kappa shape index (κ1) is 17.6. The fourth-order valence-electron chi connectivity index (χ4n) is 2.80.